The van der Waals surface area contributed by atoms with Crippen molar-refractivity contribution in [3.05, 3.63) is 70.8 Å². The number of rotatable bonds is 8. The Hall–Kier alpha value is -3.47. The van der Waals surface area contributed by atoms with E-state index in [2.05, 4.69) is 4.74 Å². The van der Waals surface area contributed by atoms with Crippen molar-refractivity contribution in [3.8, 4) is 0 Å². The van der Waals surface area contributed by atoms with Gasteiger partial charge in [-0.05, 0) is 41.8 Å². The largest absolute Gasteiger partial charge is 0.508 e. The van der Waals surface area contributed by atoms with Gasteiger partial charge >= 0.3 is 18.1 Å². The molecule has 3 aliphatic rings. The Balaban J connectivity index is 1.08. The third-order valence-electron chi connectivity index (χ3n) is 5.42. The fraction of sp³-hybridized carbons (Fsp3) is 0.375. The number of cyclic esters (lactones) is 2. The molecule has 3 aliphatic heterocycles. The molecule has 0 N–H and O–H groups in total. The van der Waals surface area contributed by atoms with Crippen LogP contribution in [0.1, 0.15) is 31.8 Å². The first-order chi connectivity index (χ1) is 16.5. The number of ether oxygens (including phenoxy) is 7. The molecule has 0 bridgehead atoms. The first kappa shape index (κ1) is 22.3. The van der Waals surface area contributed by atoms with Crippen LogP contribution in [-0.4, -0.2) is 69.3 Å². The van der Waals surface area contributed by atoms with Gasteiger partial charge in [0.1, 0.15) is 25.9 Å². The van der Waals surface area contributed by atoms with Crippen LogP contribution in [0.4, 0.5) is 4.79 Å². The average Bonchev–Trinajstić information content (AvgIpc) is 3.52. The predicted octanol–water partition coefficient (Wildman–Crippen LogP) is 2.22. The topological polar surface area (TPSA) is 119 Å². The predicted molar refractivity (Wildman–Crippen MR) is 112 cm³/mol. The second-order valence-electron chi connectivity index (χ2n) is 8.03. The number of esters is 2. The number of hydrogen-bond acceptors (Lipinski definition) is 10. The smallest absolute Gasteiger partial charge is 0.459 e. The summed E-state index contributed by atoms with van der Waals surface area (Å²) in [5.74, 6) is -0.942. The van der Waals surface area contributed by atoms with Crippen molar-refractivity contribution in [2.75, 3.05) is 26.4 Å². The fourth-order valence-corrected chi connectivity index (χ4v) is 3.52. The summed E-state index contributed by atoms with van der Waals surface area (Å²) < 4.78 is 35.9. The molecule has 2 aromatic rings. The molecule has 3 heterocycles. The van der Waals surface area contributed by atoms with Gasteiger partial charge in [0, 0.05) is 0 Å². The van der Waals surface area contributed by atoms with Crippen LogP contribution in [0.5, 0.6) is 0 Å². The molecule has 3 saturated heterocycles. The van der Waals surface area contributed by atoms with Crippen LogP contribution < -0.4 is 0 Å². The zero-order valence-corrected chi connectivity index (χ0v) is 18.0. The number of benzene rings is 2. The first-order valence-electron chi connectivity index (χ1n) is 10.8. The highest BCUT2D eigenvalue weighted by Gasteiger charge is 2.47. The summed E-state index contributed by atoms with van der Waals surface area (Å²) in [4.78, 5) is 35.3. The third kappa shape index (κ3) is 5.53. The summed E-state index contributed by atoms with van der Waals surface area (Å²) in [5.41, 5.74) is 2.82. The molecule has 10 nitrogen and oxygen atoms in total. The Morgan fingerprint density at radius 2 is 1.35 bits per heavy atom. The average molecular weight is 470 g/mol. The van der Waals surface area contributed by atoms with E-state index in [1.54, 1.807) is 24.3 Å². The molecular weight excluding hydrogens is 448 g/mol. The summed E-state index contributed by atoms with van der Waals surface area (Å²) in [6.07, 6.45) is -1.66. The van der Waals surface area contributed by atoms with E-state index in [9.17, 15) is 14.4 Å². The Bertz CT molecular complexity index is 1050. The van der Waals surface area contributed by atoms with E-state index in [4.69, 9.17) is 28.4 Å². The standard InChI is InChI=1S/C24H22O10/c25-20(28-10-18-12-30-22-23(32-18)34-22)16-5-1-14(2-6-16)9-15-3-7-17(8-4-15)21(26)29-11-19-13-31-24(27)33-19/h1-8,18-19,22-23H,9-13H2. The lowest BCUT2D eigenvalue weighted by Crippen LogP contribution is -2.33. The number of carbonyl (C=O) groups excluding carboxylic acids is 3. The van der Waals surface area contributed by atoms with E-state index in [1.165, 1.54) is 0 Å². The van der Waals surface area contributed by atoms with Gasteiger partial charge in [-0.25, -0.2) is 14.4 Å². The zero-order chi connectivity index (χ0) is 23.5. The molecule has 0 radical (unpaired) electrons. The van der Waals surface area contributed by atoms with E-state index >= 15 is 0 Å². The molecule has 34 heavy (non-hydrogen) atoms. The van der Waals surface area contributed by atoms with Gasteiger partial charge in [-0.1, -0.05) is 24.3 Å². The van der Waals surface area contributed by atoms with Crippen molar-refractivity contribution < 1.29 is 47.5 Å². The quantitative estimate of drug-likeness (QED) is 0.323. The summed E-state index contributed by atoms with van der Waals surface area (Å²) in [5, 5.41) is 0. The van der Waals surface area contributed by atoms with Crippen LogP contribution in [0.2, 0.25) is 0 Å². The minimum absolute atomic E-state index is 0.0576. The molecule has 0 amide bonds. The Morgan fingerprint density at radius 3 is 1.88 bits per heavy atom. The van der Waals surface area contributed by atoms with Crippen molar-refractivity contribution in [2.24, 2.45) is 0 Å². The third-order valence-corrected chi connectivity index (χ3v) is 5.42. The lowest BCUT2D eigenvalue weighted by atomic mass is 10.0. The second-order valence-corrected chi connectivity index (χ2v) is 8.03. The van der Waals surface area contributed by atoms with E-state index in [0.29, 0.717) is 24.2 Å². The molecule has 0 aromatic heterocycles. The van der Waals surface area contributed by atoms with Crippen LogP contribution >= 0.6 is 0 Å². The minimum Gasteiger partial charge on any atom is -0.459 e. The van der Waals surface area contributed by atoms with E-state index < -0.39 is 24.2 Å². The van der Waals surface area contributed by atoms with Gasteiger partial charge in [-0.3, -0.25) is 0 Å². The summed E-state index contributed by atoms with van der Waals surface area (Å²) in [6, 6.07) is 14.1. The highest BCUT2D eigenvalue weighted by Crippen LogP contribution is 2.30. The van der Waals surface area contributed by atoms with Gasteiger partial charge in [-0.2, -0.15) is 0 Å². The molecule has 3 fully saturated rings. The number of fused-ring (bicyclic) bond motifs is 1. The first-order valence-corrected chi connectivity index (χ1v) is 10.8. The van der Waals surface area contributed by atoms with Gasteiger partial charge in [0.25, 0.3) is 0 Å². The van der Waals surface area contributed by atoms with Gasteiger partial charge in [0.2, 0.25) is 12.6 Å². The second kappa shape index (κ2) is 9.80. The van der Waals surface area contributed by atoms with Crippen molar-refractivity contribution >= 4 is 18.1 Å². The molecule has 4 atom stereocenters. The van der Waals surface area contributed by atoms with Crippen molar-refractivity contribution in [1.29, 1.82) is 0 Å². The highest BCUT2D eigenvalue weighted by atomic mass is 16.9. The number of hydrogen-bond donors (Lipinski definition) is 0. The van der Waals surface area contributed by atoms with Gasteiger partial charge < -0.3 is 33.2 Å². The Morgan fingerprint density at radius 1 is 0.765 bits per heavy atom. The van der Waals surface area contributed by atoms with Gasteiger partial charge in [0.15, 0.2) is 6.10 Å². The molecule has 5 rings (SSSR count). The summed E-state index contributed by atoms with van der Waals surface area (Å²) in [6.45, 7) is 0.440. The normalized spacial score (nSPS) is 25.0. The van der Waals surface area contributed by atoms with Crippen LogP contribution in [-0.2, 0) is 39.6 Å². The SMILES string of the molecule is O=C1OCC(COC(=O)c2ccc(Cc3ccc(C(=O)OCC4COC5OC5O4)cc3)cc2)O1. The molecule has 4 unspecified atom stereocenters. The summed E-state index contributed by atoms with van der Waals surface area (Å²) in [7, 11) is 0. The molecule has 10 heteroatoms. The summed E-state index contributed by atoms with van der Waals surface area (Å²) >= 11 is 0. The number of carbonyl (C=O) groups is 3. The molecule has 0 spiro atoms. The van der Waals surface area contributed by atoms with E-state index in [1.807, 2.05) is 24.3 Å². The van der Waals surface area contributed by atoms with E-state index in [0.717, 1.165) is 11.1 Å². The Kier molecular flexibility index (Phi) is 6.43. The monoisotopic (exact) mass is 470 g/mol. The fourth-order valence-electron chi connectivity index (χ4n) is 3.52. The van der Waals surface area contributed by atoms with Gasteiger partial charge in [0.05, 0.1) is 17.7 Å². The molecule has 0 saturated carbocycles. The lowest BCUT2D eigenvalue weighted by Gasteiger charge is -2.19. The Labute approximate surface area is 194 Å². The maximum absolute atomic E-state index is 12.3. The molecule has 178 valence electrons. The van der Waals surface area contributed by atoms with Crippen LogP contribution in [0.15, 0.2) is 48.5 Å². The lowest BCUT2D eigenvalue weighted by molar-refractivity contribution is -0.111. The maximum Gasteiger partial charge on any atom is 0.508 e. The molecular formula is C24H22O10. The highest BCUT2D eigenvalue weighted by molar-refractivity contribution is 5.90. The van der Waals surface area contributed by atoms with Crippen molar-refractivity contribution in [2.45, 2.75) is 31.2 Å². The maximum atomic E-state index is 12.3. The van der Waals surface area contributed by atoms with Crippen molar-refractivity contribution in [3.63, 3.8) is 0 Å². The van der Waals surface area contributed by atoms with E-state index in [-0.39, 0.29) is 38.5 Å². The molecule has 2 aromatic carbocycles. The zero-order valence-electron chi connectivity index (χ0n) is 18.0. The minimum atomic E-state index is -0.758. The van der Waals surface area contributed by atoms with Crippen LogP contribution in [0, 0.1) is 0 Å². The van der Waals surface area contributed by atoms with Crippen LogP contribution in [0.25, 0.3) is 0 Å². The van der Waals surface area contributed by atoms with Crippen LogP contribution in [0.3, 0.4) is 0 Å². The number of epoxide rings is 1. The van der Waals surface area contributed by atoms with Gasteiger partial charge in [-0.15, -0.1) is 0 Å². The van der Waals surface area contributed by atoms with Crippen molar-refractivity contribution in [1.82, 2.24) is 0 Å². The molecule has 0 aliphatic carbocycles.